The van der Waals surface area contributed by atoms with Gasteiger partial charge in [0.1, 0.15) is 23.4 Å². The van der Waals surface area contributed by atoms with Crippen molar-refractivity contribution in [2.24, 2.45) is 0 Å². The van der Waals surface area contributed by atoms with E-state index in [0.29, 0.717) is 35.5 Å². The quantitative estimate of drug-likeness (QED) is 0.561. The molecule has 2 aromatic heterocycles. The normalized spacial score (nSPS) is 19.9. The average molecular weight is 489 g/mol. The summed E-state index contributed by atoms with van der Waals surface area (Å²) in [5.41, 5.74) is 2.73. The molecule has 0 saturated carbocycles. The summed E-state index contributed by atoms with van der Waals surface area (Å²) >= 11 is 0. The van der Waals surface area contributed by atoms with Crippen molar-refractivity contribution in [3.8, 4) is 17.2 Å². The second-order valence-corrected chi connectivity index (χ2v) is 9.50. The first-order valence-corrected chi connectivity index (χ1v) is 12.0. The van der Waals surface area contributed by atoms with E-state index in [1.54, 1.807) is 18.3 Å². The number of anilines is 1. The van der Waals surface area contributed by atoms with E-state index in [9.17, 15) is 13.6 Å². The van der Waals surface area contributed by atoms with Crippen LogP contribution in [0.25, 0.3) is 11.1 Å². The van der Waals surface area contributed by atoms with Gasteiger partial charge in [-0.25, -0.2) is 13.8 Å². The van der Waals surface area contributed by atoms with E-state index in [0.717, 1.165) is 37.4 Å². The molecular formula is C27H26F2N6O. The lowest BCUT2D eigenvalue weighted by Gasteiger charge is -2.28. The molecule has 0 bridgehead atoms. The Bertz CT molecular complexity index is 1330. The minimum absolute atomic E-state index is 0.0283. The predicted octanol–water partition coefficient (Wildman–Crippen LogP) is 4.12. The second kappa shape index (κ2) is 9.63. The maximum absolute atomic E-state index is 14.2. The van der Waals surface area contributed by atoms with Gasteiger partial charge in [-0.15, -0.1) is 0 Å². The first-order chi connectivity index (χ1) is 17.4. The second-order valence-electron chi connectivity index (χ2n) is 9.50. The van der Waals surface area contributed by atoms with Crippen LogP contribution in [0, 0.1) is 23.0 Å². The summed E-state index contributed by atoms with van der Waals surface area (Å²) in [5, 5.41) is 15.8. The third-order valence-corrected chi connectivity index (χ3v) is 7.08. The topological polar surface area (TPSA) is 93.9 Å². The van der Waals surface area contributed by atoms with Crippen molar-refractivity contribution in [2.75, 3.05) is 24.5 Å². The molecule has 3 aromatic rings. The van der Waals surface area contributed by atoms with Gasteiger partial charge in [0.25, 0.3) is 5.91 Å². The highest BCUT2D eigenvalue weighted by Gasteiger charge is 2.41. The molecule has 2 N–H and O–H groups in total. The largest absolute Gasteiger partial charge is 0.368 e. The van der Waals surface area contributed by atoms with Gasteiger partial charge in [0, 0.05) is 48.8 Å². The summed E-state index contributed by atoms with van der Waals surface area (Å²) in [7, 11) is 0. The van der Waals surface area contributed by atoms with E-state index in [4.69, 9.17) is 5.26 Å². The zero-order valence-electron chi connectivity index (χ0n) is 19.9. The van der Waals surface area contributed by atoms with Crippen molar-refractivity contribution in [3.63, 3.8) is 0 Å². The number of rotatable bonds is 5. The van der Waals surface area contributed by atoms with Crippen LogP contribution in [-0.2, 0) is 0 Å². The maximum Gasteiger partial charge on any atom is 0.255 e. The smallest absolute Gasteiger partial charge is 0.255 e. The molecule has 1 spiro atoms. The summed E-state index contributed by atoms with van der Waals surface area (Å²) in [5.74, 6) is -1.75. The number of hydrogen-bond acceptors (Lipinski definition) is 6. The number of nitriles is 1. The summed E-state index contributed by atoms with van der Waals surface area (Å²) in [6.07, 6.45) is 7.63. The van der Waals surface area contributed by atoms with Gasteiger partial charge >= 0.3 is 0 Å². The van der Waals surface area contributed by atoms with E-state index < -0.39 is 17.7 Å². The number of benzene rings is 1. The van der Waals surface area contributed by atoms with Crippen LogP contribution in [0.5, 0.6) is 0 Å². The molecular weight excluding hydrogens is 462 g/mol. The Morgan fingerprint density at radius 2 is 2.03 bits per heavy atom. The fourth-order valence-corrected chi connectivity index (χ4v) is 5.30. The lowest BCUT2D eigenvalue weighted by molar-refractivity contribution is 0.0940. The SMILES string of the molecule is C[C@@H](NC(=O)c1cncc(-c2cc(F)cc(F)c2)c1N1CC[C@@]2(CCCN2)C1)c1ccnc(C#N)c1. The molecule has 2 aliphatic rings. The van der Waals surface area contributed by atoms with E-state index in [1.807, 2.05) is 13.0 Å². The molecule has 184 valence electrons. The summed E-state index contributed by atoms with van der Waals surface area (Å²) < 4.78 is 28.3. The van der Waals surface area contributed by atoms with Crippen molar-refractivity contribution in [3.05, 3.63) is 77.4 Å². The Kier molecular flexibility index (Phi) is 6.37. The van der Waals surface area contributed by atoms with E-state index >= 15 is 0 Å². The number of carbonyl (C=O) groups excluding carboxylic acids is 1. The van der Waals surface area contributed by atoms with Crippen LogP contribution in [0.15, 0.2) is 48.9 Å². The predicted molar refractivity (Wildman–Crippen MR) is 131 cm³/mol. The monoisotopic (exact) mass is 488 g/mol. The third kappa shape index (κ3) is 4.64. The molecule has 0 aliphatic carbocycles. The molecule has 5 rings (SSSR count). The summed E-state index contributed by atoms with van der Waals surface area (Å²) in [4.78, 5) is 23.9. The Labute approximate surface area is 208 Å². The minimum Gasteiger partial charge on any atom is -0.368 e. The van der Waals surface area contributed by atoms with Gasteiger partial charge in [0.05, 0.1) is 17.3 Å². The molecule has 2 atom stereocenters. The Morgan fingerprint density at radius 1 is 1.22 bits per heavy atom. The highest BCUT2D eigenvalue weighted by atomic mass is 19.1. The van der Waals surface area contributed by atoms with Gasteiger partial charge in [-0.3, -0.25) is 9.78 Å². The molecule has 2 saturated heterocycles. The van der Waals surface area contributed by atoms with E-state index in [-0.39, 0.29) is 17.1 Å². The first kappa shape index (κ1) is 23.8. The molecule has 36 heavy (non-hydrogen) atoms. The Balaban J connectivity index is 1.54. The zero-order chi connectivity index (χ0) is 25.3. The van der Waals surface area contributed by atoms with Crippen LogP contribution in [-0.4, -0.2) is 41.0 Å². The van der Waals surface area contributed by atoms with Crippen molar-refractivity contribution in [1.82, 2.24) is 20.6 Å². The lowest BCUT2D eigenvalue weighted by atomic mass is 9.96. The fraction of sp³-hybridized carbons (Fsp3) is 0.333. The fourth-order valence-electron chi connectivity index (χ4n) is 5.30. The Hall–Kier alpha value is -3.90. The lowest BCUT2D eigenvalue weighted by Crippen LogP contribution is -2.42. The van der Waals surface area contributed by atoms with Gasteiger partial charge in [0.15, 0.2) is 0 Å². The molecule has 9 heteroatoms. The maximum atomic E-state index is 14.2. The van der Waals surface area contributed by atoms with Crippen molar-refractivity contribution >= 4 is 11.6 Å². The zero-order valence-corrected chi connectivity index (χ0v) is 19.9. The number of pyridine rings is 2. The molecule has 0 radical (unpaired) electrons. The van der Waals surface area contributed by atoms with Crippen LogP contribution in [0.1, 0.15) is 53.8 Å². The van der Waals surface area contributed by atoms with Gasteiger partial charge in [0.2, 0.25) is 0 Å². The van der Waals surface area contributed by atoms with Crippen molar-refractivity contribution in [2.45, 2.75) is 37.8 Å². The summed E-state index contributed by atoms with van der Waals surface area (Å²) in [6.45, 7) is 4.16. The van der Waals surface area contributed by atoms with Crippen LogP contribution < -0.4 is 15.5 Å². The third-order valence-electron chi connectivity index (χ3n) is 7.08. The standard InChI is InChI=1S/C27H26F2N6O/c1-17(18-3-7-32-22(11-18)13-30)34-26(36)24-15-31-14-23(19-9-20(28)12-21(29)10-19)25(24)35-8-5-27(16-35)4-2-6-33-27/h3,7,9-12,14-15,17,33H,2,4-6,8,16H2,1H3,(H,34,36)/t17-,27+/m1/s1. The highest BCUT2D eigenvalue weighted by molar-refractivity contribution is 6.03. The summed E-state index contributed by atoms with van der Waals surface area (Å²) in [6, 6.07) is 8.31. The van der Waals surface area contributed by atoms with Crippen molar-refractivity contribution in [1.29, 1.82) is 5.26 Å². The number of nitrogens with one attached hydrogen (secondary N) is 2. The molecule has 2 fully saturated rings. The van der Waals surface area contributed by atoms with Crippen LogP contribution >= 0.6 is 0 Å². The molecule has 2 aliphatic heterocycles. The van der Waals surface area contributed by atoms with Crippen LogP contribution in [0.3, 0.4) is 0 Å². The van der Waals surface area contributed by atoms with Crippen molar-refractivity contribution < 1.29 is 13.6 Å². The number of amides is 1. The van der Waals surface area contributed by atoms with Gasteiger partial charge in [-0.2, -0.15) is 5.26 Å². The molecule has 1 aromatic carbocycles. The van der Waals surface area contributed by atoms with E-state index in [2.05, 4.69) is 25.5 Å². The minimum atomic E-state index is -0.694. The van der Waals surface area contributed by atoms with Gasteiger partial charge in [-0.1, -0.05) is 0 Å². The molecule has 1 amide bonds. The highest BCUT2D eigenvalue weighted by Crippen LogP contribution is 2.40. The number of hydrogen-bond donors (Lipinski definition) is 2. The number of nitrogens with zero attached hydrogens (tertiary/aromatic N) is 4. The van der Waals surface area contributed by atoms with Crippen LogP contribution in [0.2, 0.25) is 0 Å². The molecule has 7 nitrogen and oxygen atoms in total. The first-order valence-electron chi connectivity index (χ1n) is 12.0. The van der Waals surface area contributed by atoms with Gasteiger partial charge < -0.3 is 15.5 Å². The van der Waals surface area contributed by atoms with Gasteiger partial charge in [-0.05, 0) is 68.1 Å². The molecule has 4 heterocycles. The number of halogens is 2. The van der Waals surface area contributed by atoms with Crippen LogP contribution in [0.4, 0.5) is 14.5 Å². The average Bonchev–Trinajstić information content (AvgIpc) is 3.52. The Morgan fingerprint density at radius 3 is 2.75 bits per heavy atom. The molecule has 0 unspecified atom stereocenters. The number of aromatic nitrogens is 2. The number of carbonyl (C=O) groups is 1. The van der Waals surface area contributed by atoms with E-state index in [1.165, 1.54) is 24.5 Å².